The summed E-state index contributed by atoms with van der Waals surface area (Å²) in [6.45, 7) is 0. The maximum atomic E-state index is 4.75. The number of nitrogens with one attached hydrogen (secondary N) is 1. The second-order valence-corrected chi connectivity index (χ2v) is 12.9. The highest BCUT2D eigenvalue weighted by atomic mass is 35.5. The molecule has 0 fully saturated rings. The molecule has 0 amide bonds. The van der Waals surface area contributed by atoms with Crippen molar-refractivity contribution in [1.29, 1.82) is 0 Å². The topological polar surface area (TPSA) is 37.6 Å². The number of fused-ring (bicyclic) bond motifs is 4. The van der Waals surface area contributed by atoms with E-state index in [9.17, 15) is 0 Å². The van der Waals surface area contributed by atoms with Crippen LogP contribution in [0.5, 0.6) is 0 Å². The molecule has 2 aliphatic heterocycles. The SMILES string of the molecule is CN(C)c1ccc2c(c1)Sc1cc(N(C)C)ccc1N2.CN(C)c1ccc2nc3ccc(=[N+](C)C)cc-3sc2c1.[Cl-]. The largest absolute Gasteiger partial charge is 1.00 e. The van der Waals surface area contributed by atoms with Gasteiger partial charge < -0.3 is 32.4 Å². The molecule has 2 heterocycles. The van der Waals surface area contributed by atoms with Gasteiger partial charge in [0.25, 0.3) is 0 Å². The fourth-order valence-corrected chi connectivity index (χ4v) is 6.46. The molecule has 214 valence electrons. The molecule has 0 saturated carbocycles. The molecular formula is C32H37ClN6S2. The third-order valence-corrected chi connectivity index (χ3v) is 9.04. The first-order chi connectivity index (χ1) is 19.1. The van der Waals surface area contributed by atoms with Crippen LogP contribution in [0.2, 0.25) is 0 Å². The third-order valence-electron chi connectivity index (χ3n) is 6.83. The Balaban J connectivity index is 0.000000184. The molecule has 0 radical (unpaired) electrons. The van der Waals surface area contributed by atoms with E-state index in [1.165, 1.54) is 53.2 Å². The number of hydrogen-bond acceptors (Lipinski definition) is 7. The molecule has 1 aliphatic carbocycles. The van der Waals surface area contributed by atoms with Gasteiger partial charge in [-0.05, 0) is 60.7 Å². The van der Waals surface area contributed by atoms with Gasteiger partial charge in [-0.3, -0.25) is 0 Å². The zero-order valence-corrected chi connectivity index (χ0v) is 27.2. The first-order valence-electron chi connectivity index (χ1n) is 13.2. The molecule has 41 heavy (non-hydrogen) atoms. The second kappa shape index (κ2) is 12.6. The molecule has 0 atom stereocenters. The van der Waals surface area contributed by atoms with Gasteiger partial charge in [0.05, 0.1) is 32.2 Å². The van der Waals surface area contributed by atoms with E-state index in [4.69, 9.17) is 4.98 Å². The summed E-state index contributed by atoms with van der Waals surface area (Å²) in [4.78, 5) is 14.9. The van der Waals surface area contributed by atoms with Crippen molar-refractivity contribution in [2.45, 2.75) is 9.79 Å². The third kappa shape index (κ3) is 6.72. The molecule has 6 rings (SSSR count). The van der Waals surface area contributed by atoms with Crippen molar-refractivity contribution in [2.24, 2.45) is 0 Å². The lowest BCUT2D eigenvalue weighted by Gasteiger charge is -2.24. The second-order valence-electron chi connectivity index (χ2n) is 10.7. The van der Waals surface area contributed by atoms with E-state index in [0.29, 0.717) is 0 Å². The van der Waals surface area contributed by atoms with Crippen molar-refractivity contribution in [3.63, 3.8) is 0 Å². The van der Waals surface area contributed by atoms with E-state index >= 15 is 0 Å². The first-order valence-corrected chi connectivity index (χ1v) is 14.8. The van der Waals surface area contributed by atoms with E-state index in [1.807, 2.05) is 11.8 Å². The molecule has 9 heteroatoms. The molecule has 3 aromatic carbocycles. The maximum Gasteiger partial charge on any atom is 0.201 e. The minimum atomic E-state index is 0. The quantitative estimate of drug-likeness (QED) is 0.246. The summed E-state index contributed by atoms with van der Waals surface area (Å²) >= 11 is 3.63. The highest BCUT2D eigenvalue weighted by Gasteiger charge is 2.17. The predicted octanol–water partition coefficient (Wildman–Crippen LogP) is 3.53. The van der Waals surface area contributed by atoms with Crippen LogP contribution in [-0.2, 0) is 0 Å². The molecule has 0 aromatic heterocycles. The van der Waals surface area contributed by atoms with E-state index in [-0.39, 0.29) is 12.4 Å². The Morgan fingerprint density at radius 3 is 1.73 bits per heavy atom. The van der Waals surface area contributed by atoms with Gasteiger partial charge in [0.2, 0.25) is 5.36 Å². The molecule has 1 N–H and O–H groups in total. The van der Waals surface area contributed by atoms with Crippen molar-refractivity contribution in [2.75, 3.05) is 76.4 Å². The van der Waals surface area contributed by atoms with Crippen LogP contribution in [0.4, 0.5) is 28.4 Å². The zero-order chi connectivity index (χ0) is 28.6. The van der Waals surface area contributed by atoms with Crippen LogP contribution in [0.25, 0.3) is 20.8 Å². The molecule has 6 nitrogen and oxygen atoms in total. The van der Waals surface area contributed by atoms with Crippen molar-refractivity contribution in [3.05, 3.63) is 78.2 Å². The minimum absolute atomic E-state index is 0. The van der Waals surface area contributed by atoms with Gasteiger partial charge in [0, 0.05) is 81.3 Å². The molecule has 0 bridgehead atoms. The van der Waals surface area contributed by atoms with Gasteiger partial charge in [-0.25, -0.2) is 9.56 Å². The maximum absolute atomic E-state index is 4.75. The van der Waals surface area contributed by atoms with Crippen molar-refractivity contribution in [3.8, 4) is 10.6 Å². The summed E-state index contributed by atoms with van der Waals surface area (Å²) in [5, 5.41) is 4.72. The van der Waals surface area contributed by atoms with E-state index < -0.39 is 0 Å². The van der Waals surface area contributed by atoms with Crippen LogP contribution in [0.1, 0.15) is 0 Å². The van der Waals surface area contributed by atoms with E-state index in [2.05, 4.69) is 154 Å². The van der Waals surface area contributed by atoms with Gasteiger partial charge in [-0.1, -0.05) is 11.8 Å². The summed E-state index contributed by atoms with van der Waals surface area (Å²) in [6.07, 6.45) is 0. The van der Waals surface area contributed by atoms with Crippen LogP contribution >= 0.6 is 23.1 Å². The van der Waals surface area contributed by atoms with Gasteiger partial charge in [-0.15, -0.1) is 11.3 Å². The highest BCUT2D eigenvalue weighted by Crippen LogP contribution is 2.46. The van der Waals surface area contributed by atoms with Gasteiger partial charge in [0.15, 0.2) is 0 Å². The molecular weight excluding hydrogens is 568 g/mol. The average Bonchev–Trinajstić information content (AvgIpc) is 2.93. The Kier molecular flexibility index (Phi) is 9.37. The molecule has 0 spiro atoms. The fraction of sp³-hybridized carbons (Fsp3) is 0.250. The van der Waals surface area contributed by atoms with E-state index in [0.717, 1.165) is 11.2 Å². The van der Waals surface area contributed by atoms with Gasteiger partial charge in [0.1, 0.15) is 14.1 Å². The Morgan fingerprint density at radius 1 is 0.659 bits per heavy atom. The number of benzene rings is 4. The Bertz CT molecular complexity index is 1670. The lowest BCUT2D eigenvalue weighted by atomic mass is 10.2. The number of anilines is 5. The Labute approximate surface area is 257 Å². The first kappa shape index (κ1) is 30.5. The van der Waals surface area contributed by atoms with Crippen LogP contribution in [0, 0.1) is 0 Å². The predicted molar refractivity (Wildman–Crippen MR) is 177 cm³/mol. The fourth-order valence-electron chi connectivity index (χ4n) is 4.38. The Morgan fingerprint density at radius 2 is 1.20 bits per heavy atom. The molecule has 3 aromatic rings. The van der Waals surface area contributed by atoms with E-state index in [1.54, 1.807) is 11.3 Å². The molecule has 0 saturated heterocycles. The van der Waals surface area contributed by atoms with Crippen LogP contribution in [0.15, 0.2) is 82.6 Å². The molecule has 3 aliphatic rings. The van der Waals surface area contributed by atoms with Gasteiger partial charge >= 0.3 is 0 Å². The number of rotatable bonds is 3. The minimum Gasteiger partial charge on any atom is -1.00 e. The van der Waals surface area contributed by atoms with Crippen molar-refractivity contribution in [1.82, 2.24) is 9.56 Å². The lowest BCUT2D eigenvalue weighted by molar-refractivity contribution is -0.00000814. The number of aromatic nitrogens is 1. The smallest absolute Gasteiger partial charge is 0.201 e. The highest BCUT2D eigenvalue weighted by molar-refractivity contribution is 7.99. The monoisotopic (exact) mass is 604 g/mol. The lowest BCUT2D eigenvalue weighted by Crippen LogP contribution is -3.00. The van der Waals surface area contributed by atoms with Crippen molar-refractivity contribution < 1.29 is 12.4 Å². The van der Waals surface area contributed by atoms with Crippen LogP contribution < -0.4 is 42.4 Å². The van der Waals surface area contributed by atoms with Crippen LogP contribution in [-0.4, -0.2) is 61.4 Å². The number of nitrogens with zero attached hydrogens (tertiary/aromatic N) is 5. The molecule has 0 unspecified atom stereocenters. The van der Waals surface area contributed by atoms with Crippen molar-refractivity contribution >= 4 is 61.8 Å². The zero-order valence-electron chi connectivity index (χ0n) is 24.9. The summed E-state index contributed by atoms with van der Waals surface area (Å²) in [6, 6.07) is 25.9. The summed E-state index contributed by atoms with van der Waals surface area (Å²) in [7, 11) is 16.5. The normalized spacial score (nSPS) is 11.3. The number of halogens is 1. The standard InChI is InChI=1S/C16H19N3S.C16H18N3S.ClH/c2*1-18(2)11-5-7-13-15(9-11)20-16-10-12(19(3)4)6-8-14(16)17-13;/h5-10,17H,1-4H3;5-10H,1-4H3;1H/q;+1;/p-1. The van der Waals surface area contributed by atoms with Crippen LogP contribution in [0.3, 0.4) is 0 Å². The Hall–Kier alpha value is -3.46. The van der Waals surface area contributed by atoms with Gasteiger partial charge in [-0.2, -0.15) is 0 Å². The summed E-state index contributed by atoms with van der Waals surface area (Å²) in [5.41, 5.74) is 8.15. The number of hydrogen-bond donors (Lipinski definition) is 1. The average molecular weight is 605 g/mol. The summed E-state index contributed by atoms with van der Waals surface area (Å²) in [5.74, 6) is 0. The summed E-state index contributed by atoms with van der Waals surface area (Å²) < 4.78 is 3.34.